The first-order valence-corrected chi connectivity index (χ1v) is 15.9. The number of carboxylic acids is 8. The summed E-state index contributed by atoms with van der Waals surface area (Å²) >= 11 is 0. The third kappa shape index (κ3) is 22.1. The summed E-state index contributed by atoms with van der Waals surface area (Å²) in [4.78, 5) is 95.9. The number of hydrogen-bond acceptors (Lipinski definition) is 16. The van der Waals surface area contributed by atoms with E-state index < -0.39 is 47.8 Å². The summed E-state index contributed by atoms with van der Waals surface area (Å²) in [6.45, 7) is 0. The van der Waals surface area contributed by atoms with Gasteiger partial charge in [0.1, 0.15) is 0 Å². The van der Waals surface area contributed by atoms with Crippen LogP contribution < -0.4 is 60.8 Å². The molecule has 0 saturated heterocycles. The minimum atomic E-state index is -2.19. The van der Waals surface area contributed by atoms with Crippen LogP contribution in [0.1, 0.15) is 0 Å². The smallest absolute Gasteiger partial charge is 0.543 e. The molecule has 0 fully saturated rings. The number of aliphatic carboxylic acids is 8. The van der Waals surface area contributed by atoms with Crippen molar-refractivity contribution in [1.82, 2.24) is 19.9 Å². The summed E-state index contributed by atoms with van der Waals surface area (Å²) in [5, 5.41) is 71.4. The van der Waals surface area contributed by atoms with Crippen LogP contribution in [-0.2, 0) is 64.6 Å². The SMILES string of the molecule is O=C([O-])C(=O)[O-].O=C([O-])C(=O)[O-].O=C([O-])C(=O)[O-].O=C([O-])C(=O)[O-].[Zr+4].c1ccc2[nH+]c[nH]c2c1.c1ccc2[nH+]c[nH]c2c1.c1ccc2[nH+]c[nH]c2c1.c1ccc2[nH+]c[nH]c2c1. The van der Waals surface area contributed by atoms with Crippen molar-refractivity contribution in [3.05, 3.63) is 122 Å². The normalized spacial score (nSPS) is 8.92. The molecular weight excluding hydrogens is 892 g/mol. The third-order valence-electron chi connectivity index (χ3n) is 6.20. The predicted molar refractivity (Wildman–Crippen MR) is 179 cm³/mol. The van der Waals surface area contributed by atoms with Crippen molar-refractivity contribution in [1.29, 1.82) is 0 Å². The molecule has 4 aromatic carbocycles. The Morgan fingerprint density at radius 2 is 0.443 bits per heavy atom. The number of carbonyl (C=O) groups is 8. The first kappa shape index (κ1) is 52.4. The van der Waals surface area contributed by atoms with Gasteiger partial charge in [0.2, 0.25) is 25.3 Å². The van der Waals surface area contributed by atoms with Gasteiger partial charge in [0.25, 0.3) is 0 Å². The molecule has 0 aliphatic carbocycles. The number of benzene rings is 4. The maximum Gasteiger partial charge on any atom is 4.00 e. The Kier molecular flexibility index (Phi) is 24.7. The number of carboxylic acid groups (broad SMARTS) is 8. The number of rotatable bonds is 0. The van der Waals surface area contributed by atoms with E-state index in [0.29, 0.717) is 0 Å². The fraction of sp³-hybridized carbons (Fsp3) is 0. The maximum absolute atomic E-state index is 8.93. The number of hydrogen-bond donors (Lipinski definition) is 4. The molecular formula is C36H28N8O16Zr. The Morgan fingerprint density at radius 1 is 0.295 bits per heavy atom. The van der Waals surface area contributed by atoms with E-state index in [9.17, 15) is 0 Å². The number of fused-ring (bicyclic) bond motifs is 4. The van der Waals surface area contributed by atoms with Gasteiger partial charge < -0.3 is 79.2 Å². The van der Waals surface area contributed by atoms with Crippen molar-refractivity contribution in [2.75, 3.05) is 0 Å². The first-order chi connectivity index (χ1) is 28.4. The van der Waals surface area contributed by atoms with Crippen LogP contribution in [0.5, 0.6) is 0 Å². The van der Waals surface area contributed by atoms with Gasteiger partial charge in [-0.05, 0) is 48.5 Å². The van der Waals surface area contributed by atoms with Crippen LogP contribution in [0.2, 0.25) is 0 Å². The first-order valence-electron chi connectivity index (χ1n) is 15.9. The van der Waals surface area contributed by atoms with Gasteiger partial charge >= 0.3 is 26.2 Å². The second-order valence-corrected chi connectivity index (χ2v) is 10.2. The van der Waals surface area contributed by atoms with Crippen LogP contribution in [0, 0.1) is 0 Å². The second-order valence-electron chi connectivity index (χ2n) is 10.2. The summed E-state index contributed by atoms with van der Waals surface area (Å²) in [5.41, 5.74) is 9.20. The quantitative estimate of drug-likeness (QED) is 0.103. The molecule has 8 rings (SSSR count). The molecule has 0 spiro atoms. The monoisotopic (exact) mass is 918 g/mol. The van der Waals surface area contributed by atoms with E-state index in [1.165, 1.54) is 0 Å². The van der Waals surface area contributed by atoms with Gasteiger partial charge in [-0.15, -0.1) is 0 Å². The summed E-state index contributed by atoms with van der Waals surface area (Å²) in [7, 11) is 0. The Morgan fingerprint density at radius 3 is 0.574 bits per heavy atom. The summed E-state index contributed by atoms with van der Waals surface area (Å²) in [5.74, 6) is -17.5. The molecule has 24 nitrogen and oxygen atoms in total. The zero-order valence-electron chi connectivity index (χ0n) is 30.6. The number of H-pyrrole nitrogens is 8. The molecule has 0 saturated carbocycles. The molecule has 0 atom stereocenters. The predicted octanol–water partition coefficient (Wildman–Crippen LogP) is -10.1. The van der Waals surface area contributed by atoms with E-state index in [1.807, 2.05) is 122 Å². The summed E-state index contributed by atoms with van der Waals surface area (Å²) < 4.78 is 0. The molecule has 0 bridgehead atoms. The third-order valence-corrected chi connectivity index (χ3v) is 6.20. The molecule has 25 heteroatoms. The number of aromatic amines is 8. The number of nitrogens with one attached hydrogen (secondary N) is 8. The average molecular weight is 920 g/mol. The van der Waals surface area contributed by atoms with Crippen LogP contribution in [0.3, 0.4) is 0 Å². The van der Waals surface area contributed by atoms with Crippen LogP contribution in [-0.4, -0.2) is 67.7 Å². The number of imidazole rings is 4. The molecule has 0 unspecified atom stereocenters. The Hall–Kier alpha value is -8.60. The fourth-order valence-corrected chi connectivity index (χ4v) is 3.71. The van der Waals surface area contributed by atoms with Gasteiger partial charge in [-0.2, -0.15) is 0 Å². The molecule has 0 aliphatic heterocycles. The molecule has 61 heavy (non-hydrogen) atoms. The van der Waals surface area contributed by atoms with Crippen molar-refractivity contribution < 1.29 is 125 Å². The average Bonchev–Trinajstić information content (AvgIpc) is 4.07. The van der Waals surface area contributed by atoms with Crippen LogP contribution in [0.15, 0.2) is 122 Å². The van der Waals surface area contributed by atoms with Gasteiger partial charge in [0.15, 0.2) is 44.1 Å². The van der Waals surface area contributed by atoms with E-state index in [1.54, 1.807) is 0 Å². The Balaban J connectivity index is 0.000000680. The number of aromatic nitrogens is 8. The Labute approximate surface area is 358 Å². The topological polar surface area (TPSA) is 441 Å². The van der Waals surface area contributed by atoms with Gasteiger partial charge in [-0.1, -0.05) is 48.5 Å². The van der Waals surface area contributed by atoms with Crippen molar-refractivity contribution >= 4 is 91.9 Å². The van der Waals surface area contributed by atoms with Crippen molar-refractivity contribution in [3.63, 3.8) is 0 Å². The van der Waals surface area contributed by atoms with Crippen molar-refractivity contribution in [2.24, 2.45) is 0 Å². The van der Waals surface area contributed by atoms with Gasteiger partial charge in [-0.3, -0.25) is 0 Å². The zero-order chi connectivity index (χ0) is 45.0. The number of carbonyl (C=O) groups excluding carboxylic acids is 8. The molecule has 8 N–H and O–H groups in total. The molecule has 8 aromatic rings. The standard InChI is InChI=1S/4C7H6N2.4C2H2O4.Zr/c4*1-2-4-7-6(3-1)8-5-9-7;4*3-1(4)2(5)6;/h4*1-5H,(H,8,9);4*(H,3,4)(H,5,6);/q;;;;;;;;+4/p-4. The van der Waals surface area contributed by atoms with Crippen molar-refractivity contribution in [2.45, 2.75) is 0 Å². The molecule has 4 heterocycles. The molecule has 0 amide bonds. The largest absolute Gasteiger partial charge is 4.00 e. The van der Waals surface area contributed by atoms with Gasteiger partial charge in [-0.25, -0.2) is 39.9 Å². The van der Waals surface area contributed by atoms with E-state index in [-0.39, 0.29) is 26.2 Å². The molecule has 0 radical (unpaired) electrons. The van der Waals surface area contributed by atoms with E-state index in [4.69, 9.17) is 79.2 Å². The zero-order valence-corrected chi connectivity index (χ0v) is 33.0. The number of para-hydroxylation sites is 8. The van der Waals surface area contributed by atoms with E-state index >= 15 is 0 Å². The van der Waals surface area contributed by atoms with Gasteiger partial charge in [0.05, 0.1) is 47.8 Å². The van der Waals surface area contributed by atoms with Crippen LogP contribution in [0.4, 0.5) is 0 Å². The molecule has 312 valence electrons. The van der Waals surface area contributed by atoms with Gasteiger partial charge in [0, 0.05) is 0 Å². The fourth-order valence-electron chi connectivity index (χ4n) is 3.71. The minimum Gasteiger partial charge on any atom is -0.543 e. The van der Waals surface area contributed by atoms with Crippen LogP contribution >= 0.6 is 0 Å². The summed E-state index contributed by atoms with van der Waals surface area (Å²) in [6.07, 6.45) is 7.30. The summed E-state index contributed by atoms with van der Waals surface area (Å²) in [6, 6.07) is 32.3. The maximum atomic E-state index is 8.93. The van der Waals surface area contributed by atoms with Crippen molar-refractivity contribution in [3.8, 4) is 0 Å². The van der Waals surface area contributed by atoms with E-state index in [2.05, 4.69) is 39.9 Å². The van der Waals surface area contributed by atoms with E-state index in [0.717, 1.165) is 44.1 Å². The molecule has 0 aliphatic rings. The molecule has 4 aromatic heterocycles. The Bertz CT molecular complexity index is 2110. The van der Waals surface area contributed by atoms with Crippen LogP contribution in [0.25, 0.3) is 44.1 Å². The minimum absolute atomic E-state index is 0. The second kappa shape index (κ2) is 28.7.